The van der Waals surface area contributed by atoms with Gasteiger partial charge in [0.15, 0.2) is 5.58 Å². The van der Waals surface area contributed by atoms with Crippen molar-refractivity contribution in [2.45, 2.75) is 19.3 Å². The minimum Gasteiger partial charge on any atom is -0.455 e. The molecule has 0 saturated heterocycles. The molecule has 1 aliphatic rings. The van der Waals surface area contributed by atoms with Gasteiger partial charge in [0, 0.05) is 38.7 Å². The summed E-state index contributed by atoms with van der Waals surface area (Å²) < 4.78 is 13.3. The van der Waals surface area contributed by atoms with Crippen LogP contribution in [0.3, 0.4) is 0 Å². The molecule has 11 rings (SSSR count). The third kappa shape index (κ3) is 4.96. The lowest BCUT2D eigenvalue weighted by molar-refractivity contribution is 0.619. The number of anilines is 3. The molecule has 2 aromatic heterocycles. The molecule has 0 bridgehead atoms. The summed E-state index contributed by atoms with van der Waals surface area (Å²) in [6.45, 7) is 4.68. The highest BCUT2D eigenvalue weighted by Gasteiger charge is 2.36. The maximum Gasteiger partial charge on any atom is 0.227 e. The van der Waals surface area contributed by atoms with Crippen LogP contribution < -0.4 is 4.90 Å². The van der Waals surface area contributed by atoms with Crippen molar-refractivity contribution in [1.29, 1.82) is 0 Å². The first-order valence-electron chi connectivity index (χ1n) is 19.1. The Kier molecular flexibility index (Phi) is 7.17. The van der Waals surface area contributed by atoms with Gasteiger partial charge >= 0.3 is 0 Å². The molecule has 4 heteroatoms. The van der Waals surface area contributed by atoms with Gasteiger partial charge in [-0.2, -0.15) is 0 Å². The second kappa shape index (κ2) is 12.4. The molecule has 0 radical (unpaired) electrons. The highest BCUT2D eigenvalue weighted by atomic mass is 16.4. The predicted molar refractivity (Wildman–Crippen MR) is 230 cm³/mol. The van der Waals surface area contributed by atoms with Gasteiger partial charge in [0.05, 0.1) is 11.3 Å². The van der Waals surface area contributed by atoms with Gasteiger partial charge < -0.3 is 13.7 Å². The van der Waals surface area contributed by atoms with Crippen molar-refractivity contribution in [2.24, 2.45) is 0 Å². The second-order valence-corrected chi connectivity index (χ2v) is 15.1. The summed E-state index contributed by atoms with van der Waals surface area (Å²) in [5.41, 5.74) is 16.7. The maximum absolute atomic E-state index is 6.63. The molecule has 56 heavy (non-hydrogen) atoms. The summed E-state index contributed by atoms with van der Waals surface area (Å²) in [4.78, 5) is 7.40. The molecular formula is C52H36N2O2. The lowest BCUT2D eigenvalue weighted by Crippen LogP contribution is -2.16. The number of furan rings is 1. The number of oxazole rings is 1. The summed E-state index contributed by atoms with van der Waals surface area (Å²) in [5, 5.41) is 2.07. The minimum absolute atomic E-state index is 0.136. The highest BCUT2D eigenvalue weighted by Crippen LogP contribution is 2.51. The van der Waals surface area contributed by atoms with Crippen LogP contribution in [0.4, 0.5) is 17.1 Å². The fourth-order valence-electron chi connectivity index (χ4n) is 8.78. The maximum atomic E-state index is 6.63. The van der Waals surface area contributed by atoms with Crippen molar-refractivity contribution in [2.75, 3.05) is 4.90 Å². The van der Waals surface area contributed by atoms with Gasteiger partial charge in [-0.1, -0.05) is 141 Å². The van der Waals surface area contributed by atoms with Crippen molar-refractivity contribution in [3.05, 3.63) is 193 Å². The van der Waals surface area contributed by atoms with Crippen molar-refractivity contribution in [3.8, 4) is 44.8 Å². The number of benzene rings is 8. The van der Waals surface area contributed by atoms with Gasteiger partial charge in [0.2, 0.25) is 5.89 Å². The molecule has 1 aliphatic carbocycles. The molecule has 0 N–H and O–H groups in total. The van der Waals surface area contributed by atoms with Gasteiger partial charge in [-0.3, -0.25) is 0 Å². The summed E-state index contributed by atoms with van der Waals surface area (Å²) >= 11 is 0. The number of hydrogen-bond donors (Lipinski definition) is 0. The number of aromatic nitrogens is 1. The lowest BCUT2D eigenvalue weighted by Gasteiger charge is -2.30. The van der Waals surface area contributed by atoms with Crippen LogP contribution in [0, 0.1) is 0 Å². The predicted octanol–water partition coefficient (Wildman–Crippen LogP) is 14.5. The Hall–Kier alpha value is -7.17. The summed E-state index contributed by atoms with van der Waals surface area (Å²) in [7, 11) is 0. The Labute approximate surface area is 324 Å². The Balaban J connectivity index is 1.11. The van der Waals surface area contributed by atoms with E-state index in [-0.39, 0.29) is 5.41 Å². The third-order valence-corrected chi connectivity index (χ3v) is 11.5. The Morgan fingerprint density at radius 3 is 1.91 bits per heavy atom. The van der Waals surface area contributed by atoms with E-state index in [2.05, 4.69) is 158 Å². The van der Waals surface area contributed by atoms with Crippen LogP contribution in [0.25, 0.3) is 77.9 Å². The fourth-order valence-corrected chi connectivity index (χ4v) is 8.78. The van der Waals surface area contributed by atoms with E-state index in [4.69, 9.17) is 13.8 Å². The number of para-hydroxylation sites is 2. The van der Waals surface area contributed by atoms with E-state index in [0.717, 1.165) is 72.3 Å². The molecule has 0 fully saturated rings. The molecule has 266 valence electrons. The van der Waals surface area contributed by atoms with Crippen LogP contribution in [0.5, 0.6) is 0 Å². The Morgan fingerprint density at radius 1 is 0.464 bits per heavy atom. The number of fused-ring (bicyclic) bond motifs is 7. The van der Waals surface area contributed by atoms with Crippen molar-refractivity contribution in [1.82, 2.24) is 4.98 Å². The van der Waals surface area contributed by atoms with Gasteiger partial charge in [0.25, 0.3) is 0 Å². The van der Waals surface area contributed by atoms with E-state index in [1.54, 1.807) is 0 Å². The Morgan fingerprint density at radius 2 is 1.11 bits per heavy atom. The molecule has 8 aromatic carbocycles. The smallest absolute Gasteiger partial charge is 0.227 e. The van der Waals surface area contributed by atoms with Crippen LogP contribution in [0.1, 0.15) is 25.0 Å². The fraction of sp³-hybridized carbons (Fsp3) is 0.0577. The zero-order chi connectivity index (χ0) is 37.4. The SMILES string of the molecule is CC1(C)c2ccccc2-c2ccc(N(c3ccc(-c4c5oc(-c6ccccc6)nc5cc5c4oc4ccccc45)cc3)c3ccccc3-c3ccccc3)cc21. The van der Waals surface area contributed by atoms with Crippen LogP contribution in [-0.4, -0.2) is 4.98 Å². The van der Waals surface area contributed by atoms with E-state index in [1.807, 2.05) is 42.5 Å². The summed E-state index contributed by atoms with van der Waals surface area (Å²) in [6.07, 6.45) is 0. The molecule has 0 spiro atoms. The third-order valence-electron chi connectivity index (χ3n) is 11.5. The minimum atomic E-state index is -0.136. The van der Waals surface area contributed by atoms with Crippen LogP contribution in [0.2, 0.25) is 0 Å². The first-order valence-corrected chi connectivity index (χ1v) is 19.1. The molecule has 4 nitrogen and oxygen atoms in total. The lowest BCUT2D eigenvalue weighted by atomic mass is 9.82. The molecule has 10 aromatic rings. The molecular weight excluding hydrogens is 685 g/mol. The zero-order valence-corrected chi connectivity index (χ0v) is 31.0. The van der Waals surface area contributed by atoms with E-state index in [0.29, 0.717) is 11.5 Å². The molecule has 2 heterocycles. The molecule has 0 amide bonds. The van der Waals surface area contributed by atoms with E-state index < -0.39 is 0 Å². The van der Waals surface area contributed by atoms with Gasteiger partial charge in [0.1, 0.15) is 16.7 Å². The summed E-state index contributed by atoms with van der Waals surface area (Å²) in [5.74, 6) is 0.584. The van der Waals surface area contributed by atoms with Gasteiger partial charge in [-0.05, 0) is 88.0 Å². The second-order valence-electron chi connectivity index (χ2n) is 15.1. The zero-order valence-electron chi connectivity index (χ0n) is 31.0. The number of rotatable bonds is 6. The topological polar surface area (TPSA) is 42.4 Å². The first kappa shape index (κ1) is 32.3. The molecule has 0 atom stereocenters. The average Bonchev–Trinajstić information content (AvgIpc) is 3.91. The van der Waals surface area contributed by atoms with Crippen LogP contribution >= 0.6 is 0 Å². The Bertz CT molecular complexity index is 3100. The highest BCUT2D eigenvalue weighted by molar-refractivity contribution is 6.16. The van der Waals surface area contributed by atoms with E-state index in [1.165, 1.54) is 22.3 Å². The van der Waals surface area contributed by atoms with Crippen molar-refractivity contribution >= 4 is 50.1 Å². The van der Waals surface area contributed by atoms with Crippen LogP contribution in [0.15, 0.2) is 191 Å². The molecule has 0 aliphatic heterocycles. The van der Waals surface area contributed by atoms with Crippen LogP contribution in [-0.2, 0) is 5.41 Å². The van der Waals surface area contributed by atoms with E-state index >= 15 is 0 Å². The number of nitrogens with zero attached hydrogens (tertiary/aromatic N) is 2. The monoisotopic (exact) mass is 720 g/mol. The first-order chi connectivity index (χ1) is 27.5. The molecule has 0 unspecified atom stereocenters. The standard InChI is InChI=1S/C52H36N2O2/c1-52(2)43-22-12-9-20-39(43)40-30-29-37(31-44(40)52)54(46-23-13-10-19-38(46)33-15-5-3-6-16-33)36-27-25-34(26-28-36)48-49-42(41-21-11-14-24-47(41)55-49)32-45-50(48)56-51(53-45)35-17-7-4-8-18-35/h3-32H,1-2H3. The largest absolute Gasteiger partial charge is 0.455 e. The quantitative estimate of drug-likeness (QED) is 0.171. The molecule has 0 saturated carbocycles. The van der Waals surface area contributed by atoms with Crippen molar-refractivity contribution < 1.29 is 8.83 Å². The van der Waals surface area contributed by atoms with E-state index in [9.17, 15) is 0 Å². The van der Waals surface area contributed by atoms with Crippen molar-refractivity contribution in [3.63, 3.8) is 0 Å². The average molecular weight is 721 g/mol. The normalized spacial score (nSPS) is 13.0. The number of hydrogen-bond acceptors (Lipinski definition) is 4. The summed E-state index contributed by atoms with van der Waals surface area (Å²) in [6, 6.07) is 64.3. The van der Waals surface area contributed by atoms with Gasteiger partial charge in [-0.15, -0.1) is 0 Å². The van der Waals surface area contributed by atoms with Gasteiger partial charge in [-0.25, -0.2) is 4.98 Å².